The second-order valence-electron chi connectivity index (χ2n) is 6.98. The van der Waals surface area contributed by atoms with E-state index in [-0.39, 0.29) is 17.7 Å². The van der Waals surface area contributed by atoms with Gasteiger partial charge in [-0.3, -0.25) is 9.89 Å². The summed E-state index contributed by atoms with van der Waals surface area (Å²) in [6.07, 6.45) is 2.43. The van der Waals surface area contributed by atoms with Crippen molar-refractivity contribution in [1.29, 1.82) is 0 Å². The molecule has 1 atom stereocenters. The number of aryl methyl sites for hydroxylation is 2. The van der Waals surface area contributed by atoms with Crippen LogP contribution in [0.25, 0.3) is 11.4 Å². The van der Waals surface area contributed by atoms with E-state index in [1.54, 1.807) is 36.4 Å². The average Bonchev–Trinajstić information content (AvgIpc) is 3.14. The zero-order chi connectivity index (χ0) is 20.4. The lowest BCUT2D eigenvalue weighted by Crippen LogP contribution is -2.31. The largest absolute Gasteiger partial charge is 0.435 e. The number of aromatic amines is 1. The molecule has 29 heavy (non-hydrogen) atoms. The summed E-state index contributed by atoms with van der Waals surface area (Å²) < 4.78 is 29.4. The molecule has 1 aliphatic rings. The van der Waals surface area contributed by atoms with Crippen LogP contribution in [-0.4, -0.2) is 27.7 Å². The predicted molar refractivity (Wildman–Crippen MR) is 103 cm³/mol. The van der Waals surface area contributed by atoms with Crippen molar-refractivity contribution in [2.24, 2.45) is 0 Å². The first kappa shape index (κ1) is 19.0. The number of aromatic nitrogens is 3. The van der Waals surface area contributed by atoms with Gasteiger partial charge in [-0.1, -0.05) is 18.2 Å². The molecule has 0 spiro atoms. The molecule has 0 saturated carbocycles. The maximum Gasteiger partial charge on any atom is 0.387 e. The fraction of sp³-hybridized carbons (Fsp3) is 0.286. The molecule has 0 aliphatic heterocycles. The number of amides is 1. The van der Waals surface area contributed by atoms with Gasteiger partial charge in [0.1, 0.15) is 11.6 Å². The smallest absolute Gasteiger partial charge is 0.387 e. The first-order chi connectivity index (χ1) is 14.0. The SMILES string of the molecule is Cc1nc(-c2ccc(C(=O)N[C@H]3CCCc4cc(OC(F)F)ccc43)cc2)n[nH]1. The highest BCUT2D eigenvalue weighted by Gasteiger charge is 2.23. The number of nitrogens with zero attached hydrogens (tertiary/aromatic N) is 2. The molecule has 0 saturated heterocycles. The topological polar surface area (TPSA) is 79.9 Å². The Labute approximate surface area is 166 Å². The average molecular weight is 398 g/mol. The van der Waals surface area contributed by atoms with Gasteiger partial charge in [-0.25, -0.2) is 4.98 Å². The number of rotatable bonds is 5. The number of benzene rings is 2. The number of ether oxygens (including phenoxy) is 1. The standard InChI is InChI=1S/C21H20F2N4O2/c1-12-24-19(27-26-12)13-5-7-14(8-6-13)20(28)25-18-4-2-3-15-11-16(29-21(22)23)9-10-17(15)18/h5-11,18,21H,2-4H2,1H3,(H,25,28)(H,24,26,27)/t18-/m0/s1. The number of hydrogen-bond donors (Lipinski definition) is 2. The van der Waals surface area contributed by atoms with Crippen LogP contribution in [0.1, 0.15) is 46.2 Å². The number of fused-ring (bicyclic) bond motifs is 1. The van der Waals surface area contributed by atoms with Crippen LogP contribution in [0.2, 0.25) is 0 Å². The molecule has 2 N–H and O–H groups in total. The van der Waals surface area contributed by atoms with E-state index in [4.69, 9.17) is 0 Å². The fourth-order valence-electron chi connectivity index (χ4n) is 3.60. The number of alkyl halides is 2. The minimum atomic E-state index is -2.85. The van der Waals surface area contributed by atoms with Crippen LogP contribution in [-0.2, 0) is 6.42 Å². The van der Waals surface area contributed by atoms with Crippen LogP contribution >= 0.6 is 0 Å². The molecular weight excluding hydrogens is 378 g/mol. The van der Waals surface area contributed by atoms with E-state index in [0.717, 1.165) is 41.8 Å². The summed E-state index contributed by atoms with van der Waals surface area (Å²) in [5.41, 5.74) is 3.22. The van der Waals surface area contributed by atoms with Gasteiger partial charge in [0.2, 0.25) is 0 Å². The highest BCUT2D eigenvalue weighted by molar-refractivity contribution is 5.94. The Balaban J connectivity index is 1.48. The number of halogens is 2. The fourth-order valence-corrected chi connectivity index (χ4v) is 3.60. The van der Waals surface area contributed by atoms with Gasteiger partial charge >= 0.3 is 6.61 Å². The monoisotopic (exact) mass is 398 g/mol. The van der Waals surface area contributed by atoms with Gasteiger partial charge in [0.15, 0.2) is 5.82 Å². The molecule has 3 aromatic rings. The van der Waals surface area contributed by atoms with Crippen molar-refractivity contribution in [1.82, 2.24) is 20.5 Å². The van der Waals surface area contributed by atoms with E-state index >= 15 is 0 Å². The number of H-pyrrole nitrogens is 1. The molecule has 0 unspecified atom stereocenters. The lowest BCUT2D eigenvalue weighted by Gasteiger charge is -2.27. The molecular formula is C21H20F2N4O2. The second-order valence-corrected chi connectivity index (χ2v) is 6.98. The molecule has 0 fully saturated rings. The van der Waals surface area contributed by atoms with Gasteiger partial charge in [0.25, 0.3) is 5.91 Å². The minimum Gasteiger partial charge on any atom is -0.435 e. The zero-order valence-electron chi connectivity index (χ0n) is 15.8. The number of nitrogens with one attached hydrogen (secondary N) is 2. The van der Waals surface area contributed by atoms with Crippen LogP contribution in [0.3, 0.4) is 0 Å². The van der Waals surface area contributed by atoms with Crippen molar-refractivity contribution < 1.29 is 18.3 Å². The van der Waals surface area contributed by atoms with Crippen molar-refractivity contribution in [3.63, 3.8) is 0 Å². The summed E-state index contributed by atoms with van der Waals surface area (Å²) >= 11 is 0. The quantitative estimate of drug-likeness (QED) is 0.675. The third kappa shape index (κ3) is 4.26. The van der Waals surface area contributed by atoms with Crippen molar-refractivity contribution in [2.45, 2.75) is 38.8 Å². The van der Waals surface area contributed by atoms with Crippen LogP contribution < -0.4 is 10.1 Å². The van der Waals surface area contributed by atoms with E-state index in [0.29, 0.717) is 11.4 Å². The molecule has 1 aliphatic carbocycles. The highest BCUT2D eigenvalue weighted by Crippen LogP contribution is 2.33. The highest BCUT2D eigenvalue weighted by atomic mass is 19.3. The molecule has 1 amide bonds. The van der Waals surface area contributed by atoms with Crippen molar-refractivity contribution in [3.8, 4) is 17.1 Å². The van der Waals surface area contributed by atoms with E-state index in [1.165, 1.54) is 6.07 Å². The summed E-state index contributed by atoms with van der Waals surface area (Å²) in [6, 6.07) is 11.8. The Hall–Kier alpha value is -3.29. The summed E-state index contributed by atoms with van der Waals surface area (Å²) in [4.78, 5) is 17.0. The maximum absolute atomic E-state index is 12.7. The molecule has 6 nitrogen and oxygen atoms in total. The van der Waals surface area contributed by atoms with Crippen LogP contribution in [0, 0.1) is 6.92 Å². The van der Waals surface area contributed by atoms with Gasteiger partial charge in [-0.05, 0) is 61.6 Å². The number of carbonyl (C=O) groups is 1. The normalized spacial score (nSPS) is 15.8. The third-order valence-electron chi connectivity index (χ3n) is 4.96. The van der Waals surface area contributed by atoms with Gasteiger partial charge in [-0.2, -0.15) is 13.9 Å². The number of hydrogen-bond acceptors (Lipinski definition) is 4. The molecule has 0 bridgehead atoms. The van der Waals surface area contributed by atoms with Gasteiger partial charge in [0, 0.05) is 11.1 Å². The van der Waals surface area contributed by atoms with Crippen molar-refractivity contribution in [3.05, 3.63) is 65.0 Å². The van der Waals surface area contributed by atoms with Gasteiger partial charge in [-0.15, -0.1) is 0 Å². The van der Waals surface area contributed by atoms with Crippen LogP contribution in [0.15, 0.2) is 42.5 Å². The molecule has 8 heteroatoms. The molecule has 1 aromatic heterocycles. The lowest BCUT2D eigenvalue weighted by atomic mass is 9.87. The Morgan fingerprint density at radius 1 is 1.24 bits per heavy atom. The Morgan fingerprint density at radius 2 is 2.03 bits per heavy atom. The van der Waals surface area contributed by atoms with Crippen molar-refractivity contribution in [2.75, 3.05) is 0 Å². The summed E-state index contributed by atoms with van der Waals surface area (Å²) in [5.74, 6) is 1.26. The maximum atomic E-state index is 12.7. The Bertz CT molecular complexity index is 1020. The molecule has 150 valence electrons. The minimum absolute atomic E-state index is 0.142. The van der Waals surface area contributed by atoms with Crippen LogP contribution in [0.5, 0.6) is 5.75 Å². The second kappa shape index (κ2) is 7.98. The van der Waals surface area contributed by atoms with Gasteiger partial charge < -0.3 is 10.1 Å². The molecule has 0 radical (unpaired) electrons. The summed E-state index contributed by atoms with van der Waals surface area (Å²) in [5, 5.41) is 9.95. The van der Waals surface area contributed by atoms with Crippen LogP contribution in [0.4, 0.5) is 8.78 Å². The summed E-state index contributed by atoms with van der Waals surface area (Å²) in [7, 11) is 0. The Kier molecular flexibility index (Phi) is 5.24. The Morgan fingerprint density at radius 3 is 2.72 bits per heavy atom. The van der Waals surface area contributed by atoms with E-state index in [2.05, 4.69) is 25.2 Å². The first-order valence-electron chi connectivity index (χ1n) is 9.37. The first-order valence-corrected chi connectivity index (χ1v) is 9.37. The van der Waals surface area contributed by atoms with E-state index in [9.17, 15) is 13.6 Å². The summed E-state index contributed by atoms with van der Waals surface area (Å²) in [6.45, 7) is -1.03. The zero-order valence-corrected chi connectivity index (χ0v) is 15.8. The molecule has 1 heterocycles. The van der Waals surface area contributed by atoms with E-state index in [1.807, 2.05) is 6.92 Å². The third-order valence-corrected chi connectivity index (χ3v) is 4.96. The lowest BCUT2D eigenvalue weighted by molar-refractivity contribution is -0.0499. The molecule has 2 aromatic carbocycles. The number of carbonyl (C=O) groups excluding carboxylic acids is 1. The predicted octanol–water partition coefficient (Wildman–Crippen LogP) is 4.19. The van der Waals surface area contributed by atoms with Gasteiger partial charge in [0.05, 0.1) is 6.04 Å². The van der Waals surface area contributed by atoms with Crippen molar-refractivity contribution >= 4 is 5.91 Å². The molecule has 4 rings (SSSR count). The van der Waals surface area contributed by atoms with E-state index < -0.39 is 6.61 Å².